The highest BCUT2D eigenvalue weighted by Crippen LogP contribution is 2.43. The number of ether oxygens (including phenoxy) is 1. The Hall–Kier alpha value is -3.85. The summed E-state index contributed by atoms with van der Waals surface area (Å²) in [4.78, 5) is 2.94. The lowest BCUT2D eigenvalue weighted by Crippen LogP contribution is -2.44. The molecule has 0 saturated carbocycles. The van der Waals surface area contributed by atoms with Crippen molar-refractivity contribution < 1.29 is 27.4 Å². The van der Waals surface area contributed by atoms with Crippen LogP contribution >= 0.6 is 0 Å². The minimum Gasteiger partial charge on any atom is -0.497 e. The highest BCUT2D eigenvalue weighted by molar-refractivity contribution is 5.85. The zero-order valence-electron chi connectivity index (χ0n) is 17.9. The van der Waals surface area contributed by atoms with E-state index in [0.29, 0.717) is 38.8 Å². The average molecular weight is 469 g/mol. The third-order valence-corrected chi connectivity index (χ3v) is 6.01. The Balaban J connectivity index is 1.57. The Bertz CT molecular complexity index is 1490. The van der Waals surface area contributed by atoms with Crippen LogP contribution in [0.25, 0.3) is 27.5 Å². The van der Waals surface area contributed by atoms with E-state index in [1.807, 2.05) is 0 Å². The van der Waals surface area contributed by atoms with Gasteiger partial charge >= 0.3 is 6.18 Å². The van der Waals surface area contributed by atoms with Crippen molar-refractivity contribution >= 4 is 21.8 Å². The van der Waals surface area contributed by atoms with Crippen LogP contribution in [0.1, 0.15) is 11.1 Å². The lowest BCUT2D eigenvalue weighted by Gasteiger charge is -2.31. The summed E-state index contributed by atoms with van der Waals surface area (Å²) < 4.78 is 62.7. The quantitative estimate of drug-likeness (QED) is 0.327. The van der Waals surface area contributed by atoms with Gasteiger partial charge in [-0.1, -0.05) is 6.07 Å². The first-order valence-corrected chi connectivity index (χ1v) is 10.4. The van der Waals surface area contributed by atoms with E-state index < -0.39 is 24.0 Å². The number of aromatic amines is 1. The average Bonchev–Trinajstić information content (AvgIpc) is 3.42. The molecule has 2 heterocycles. The van der Waals surface area contributed by atoms with Crippen LogP contribution in [-0.2, 0) is 12.0 Å². The van der Waals surface area contributed by atoms with Gasteiger partial charge in [-0.25, -0.2) is 9.07 Å². The number of halogens is 4. The molecule has 2 N–H and O–H groups in total. The predicted octanol–water partition coefficient (Wildman–Crippen LogP) is 5.65. The molecule has 0 aliphatic carbocycles. The van der Waals surface area contributed by atoms with Crippen LogP contribution in [0.2, 0.25) is 0 Å². The van der Waals surface area contributed by atoms with Crippen molar-refractivity contribution in [1.82, 2.24) is 14.8 Å². The van der Waals surface area contributed by atoms with Crippen molar-refractivity contribution in [3.8, 4) is 11.4 Å². The topological polar surface area (TPSA) is 63.1 Å². The third-order valence-electron chi connectivity index (χ3n) is 6.01. The molecule has 5 aromatic rings. The number of hydrogen-bond donors (Lipinski definition) is 2. The van der Waals surface area contributed by atoms with Crippen molar-refractivity contribution in [2.75, 3.05) is 7.11 Å². The molecule has 0 radical (unpaired) electrons. The molecule has 0 aliphatic rings. The molecule has 5 nitrogen and oxygen atoms in total. The summed E-state index contributed by atoms with van der Waals surface area (Å²) in [5, 5.41) is 16.2. The van der Waals surface area contributed by atoms with E-state index in [1.54, 1.807) is 18.2 Å². The van der Waals surface area contributed by atoms with E-state index in [2.05, 4.69) is 10.1 Å². The molecule has 0 aliphatic heterocycles. The van der Waals surface area contributed by atoms with Gasteiger partial charge in [-0.3, -0.25) is 0 Å². The number of hydrogen-bond acceptors (Lipinski definition) is 3. The molecule has 0 amide bonds. The molecule has 34 heavy (non-hydrogen) atoms. The summed E-state index contributed by atoms with van der Waals surface area (Å²) in [7, 11) is 1.50. The maximum atomic E-state index is 14.3. The molecule has 174 valence electrons. The van der Waals surface area contributed by atoms with Crippen molar-refractivity contribution in [3.63, 3.8) is 0 Å². The number of aromatic nitrogens is 3. The standard InChI is InChI=1S/C25H19F4N3O2/c1-34-20-7-8-21-16(13-30-22(21)11-20)12-24(33,25(27,28)29)17-2-9-23-15(10-17)14-31-32(23)19-5-3-18(26)4-6-19/h2-11,13-14,30,33H,12H2,1H3. The van der Waals surface area contributed by atoms with Crippen molar-refractivity contribution in [2.45, 2.75) is 18.2 Å². The van der Waals surface area contributed by atoms with Gasteiger partial charge in [0.05, 0.1) is 24.5 Å². The summed E-state index contributed by atoms with van der Waals surface area (Å²) in [5.41, 5.74) is -1.42. The number of benzene rings is 3. The first kappa shape index (κ1) is 22.0. The number of alkyl halides is 3. The van der Waals surface area contributed by atoms with Crippen molar-refractivity contribution in [1.29, 1.82) is 0 Å². The molecule has 2 aromatic heterocycles. The maximum Gasteiger partial charge on any atom is 0.421 e. The smallest absolute Gasteiger partial charge is 0.421 e. The number of H-pyrrole nitrogens is 1. The van der Waals surface area contributed by atoms with Gasteiger partial charge in [0, 0.05) is 35.0 Å². The normalized spacial score (nSPS) is 13.9. The van der Waals surface area contributed by atoms with Crippen LogP contribution in [0.3, 0.4) is 0 Å². The van der Waals surface area contributed by atoms with Gasteiger partial charge in [0.1, 0.15) is 11.6 Å². The first-order valence-electron chi connectivity index (χ1n) is 10.4. The van der Waals surface area contributed by atoms with E-state index in [-0.39, 0.29) is 5.56 Å². The Morgan fingerprint density at radius 1 is 1.03 bits per heavy atom. The summed E-state index contributed by atoms with van der Waals surface area (Å²) in [6.07, 6.45) is -2.74. The Morgan fingerprint density at radius 2 is 1.79 bits per heavy atom. The van der Waals surface area contributed by atoms with Crippen LogP contribution in [0.4, 0.5) is 17.6 Å². The van der Waals surface area contributed by atoms with Crippen molar-refractivity contribution in [3.05, 3.63) is 90.0 Å². The molecular formula is C25H19F4N3O2. The SMILES string of the molecule is COc1ccc2c(CC(O)(c3ccc4c(cnn4-c4ccc(F)cc4)c3)C(F)(F)F)c[nH]c2c1. The van der Waals surface area contributed by atoms with Gasteiger partial charge in [0.25, 0.3) is 0 Å². The van der Waals surface area contributed by atoms with E-state index in [9.17, 15) is 22.7 Å². The molecule has 0 fully saturated rings. The molecule has 0 saturated heterocycles. The Labute approximate surface area is 191 Å². The highest BCUT2D eigenvalue weighted by atomic mass is 19.4. The van der Waals surface area contributed by atoms with Crippen molar-refractivity contribution in [2.24, 2.45) is 0 Å². The van der Waals surface area contributed by atoms with Gasteiger partial charge in [0.2, 0.25) is 0 Å². The van der Waals surface area contributed by atoms with E-state index >= 15 is 0 Å². The van der Waals surface area contributed by atoms with Crippen LogP contribution < -0.4 is 4.74 Å². The minimum atomic E-state index is -4.94. The molecule has 0 spiro atoms. The number of nitrogens with one attached hydrogen (secondary N) is 1. The largest absolute Gasteiger partial charge is 0.497 e. The summed E-state index contributed by atoms with van der Waals surface area (Å²) in [6, 6.07) is 14.6. The fourth-order valence-electron chi connectivity index (χ4n) is 4.16. The van der Waals surface area contributed by atoms with Crippen LogP contribution in [0, 0.1) is 5.82 Å². The lowest BCUT2D eigenvalue weighted by atomic mass is 9.86. The molecule has 1 atom stereocenters. The predicted molar refractivity (Wildman–Crippen MR) is 120 cm³/mol. The zero-order chi connectivity index (χ0) is 24.1. The van der Waals surface area contributed by atoms with Gasteiger partial charge in [0.15, 0.2) is 5.60 Å². The molecule has 5 rings (SSSR count). The second-order valence-corrected chi connectivity index (χ2v) is 8.07. The summed E-state index contributed by atoms with van der Waals surface area (Å²) >= 11 is 0. The fraction of sp³-hybridized carbons (Fsp3) is 0.160. The summed E-state index contributed by atoms with van der Waals surface area (Å²) in [6.45, 7) is 0. The fourth-order valence-corrected chi connectivity index (χ4v) is 4.16. The number of fused-ring (bicyclic) bond motifs is 2. The second-order valence-electron chi connectivity index (χ2n) is 8.07. The van der Waals surface area contributed by atoms with Gasteiger partial charge in [-0.2, -0.15) is 18.3 Å². The van der Waals surface area contributed by atoms with E-state index in [0.717, 1.165) is 0 Å². The molecule has 1 unspecified atom stereocenters. The highest BCUT2D eigenvalue weighted by Gasteiger charge is 2.55. The minimum absolute atomic E-state index is 0.297. The third kappa shape index (κ3) is 3.58. The molecular weight excluding hydrogens is 450 g/mol. The lowest BCUT2D eigenvalue weighted by molar-refractivity contribution is -0.266. The summed E-state index contributed by atoms with van der Waals surface area (Å²) in [5.74, 6) is 0.157. The van der Waals surface area contributed by atoms with Crippen LogP contribution in [0.5, 0.6) is 5.75 Å². The second kappa shape index (κ2) is 7.88. The van der Waals surface area contributed by atoms with E-state index in [4.69, 9.17) is 4.74 Å². The number of aliphatic hydroxyl groups is 1. The molecule has 0 bridgehead atoms. The zero-order valence-corrected chi connectivity index (χ0v) is 17.9. The maximum absolute atomic E-state index is 14.3. The van der Waals surface area contributed by atoms with E-state index in [1.165, 1.54) is 66.6 Å². The first-order chi connectivity index (χ1) is 16.2. The van der Waals surface area contributed by atoms with Gasteiger partial charge in [-0.05, 0) is 59.7 Å². The Kier molecular flexibility index (Phi) is 5.09. The van der Waals surface area contributed by atoms with Crippen LogP contribution in [0.15, 0.2) is 73.1 Å². The number of rotatable bonds is 5. The molecule has 3 aromatic carbocycles. The van der Waals surface area contributed by atoms with Crippen LogP contribution in [-0.4, -0.2) is 33.2 Å². The van der Waals surface area contributed by atoms with Gasteiger partial charge in [-0.15, -0.1) is 0 Å². The number of methoxy groups -OCH3 is 1. The monoisotopic (exact) mass is 469 g/mol. The van der Waals surface area contributed by atoms with Gasteiger partial charge < -0.3 is 14.8 Å². The Morgan fingerprint density at radius 3 is 2.50 bits per heavy atom. The molecule has 9 heteroatoms. The number of nitrogens with zero attached hydrogens (tertiary/aromatic N) is 2.